The van der Waals surface area contributed by atoms with Gasteiger partial charge in [-0.1, -0.05) is 27.7 Å². The molecule has 0 atom stereocenters. The lowest BCUT2D eigenvalue weighted by atomic mass is 10.2. The molecule has 19 heavy (non-hydrogen) atoms. The van der Waals surface area contributed by atoms with Crippen LogP contribution in [0, 0.1) is 5.82 Å². The van der Waals surface area contributed by atoms with Gasteiger partial charge in [0.15, 0.2) is 0 Å². The zero-order chi connectivity index (χ0) is 15.1. The Morgan fingerprint density at radius 1 is 1.05 bits per heavy atom. The summed E-state index contributed by atoms with van der Waals surface area (Å²) in [5, 5.41) is 2.74. The molecule has 1 fully saturated rings. The first-order valence-electron chi connectivity index (χ1n) is 6.79. The molecule has 2 heterocycles. The highest BCUT2D eigenvalue weighted by atomic mass is 19.1. The van der Waals surface area contributed by atoms with E-state index >= 15 is 0 Å². The Morgan fingerprint density at radius 2 is 1.68 bits per heavy atom. The molecular formula is C14H25FN2O2. The van der Waals surface area contributed by atoms with Crippen LogP contribution in [0.15, 0.2) is 23.1 Å². The van der Waals surface area contributed by atoms with Crippen LogP contribution in [0.2, 0.25) is 0 Å². The molecule has 0 bridgehead atoms. The second-order valence-electron chi connectivity index (χ2n) is 3.18. The van der Waals surface area contributed by atoms with E-state index in [1.165, 1.54) is 0 Å². The minimum absolute atomic E-state index is 0.214. The zero-order valence-electron chi connectivity index (χ0n) is 12.3. The minimum Gasteiger partial charge on any atom is -0.356 e. The van der Waals surface area contributed by atoms with E-state index < -0.39 is 5.82 Å². The van der Waals surface area contributed by atoms with Crippen molar-refractivity contribution in [3.8, 4) is 0 Å². The fraction of sp³-hybridized carbons (Fsp3) is 0.571. The number of hydrogen-bond donors (Lipinski definition) is 2. The molecule has 0 radical (unpaired) electrons. The monoisotopic (exact) mass is 272 g/mol. The molecule has 1 amide bonds. The number of carbonyl (C=O) groups excluding carboxylic acids is 1. The number of nitrogens with one attached hydrogen (secondary N) is 2. The molecule has 0 aromatic carbocycles. The SMILES string of the molecule is CC.CC.O=C1CCCCN1.O=c1ccc(F)c[nH]1. The van der Waals surface area contributed by atoms with Gasteiger partial charge in [0.1, 0.15) is 5.82 Å². The first-order valence-corrected chi connectivity index (χ1v) is 6.79. The quantitative estimate of drug-likeness (QED) is 0.763. The van der Waals surface area contributed by atoms with Gasteiger partial charge in [-0.25, -0.2) is 4.39 Å². The lowest BCUT2D eigenvalue weighted by molar-refractivity contribution is -0.122. The number of hydrogen-bond acceptors (Lipinski definition) is 2. The Hall–Kier alpha value is -1.65. The molecule has 110 valence electrons. The van der Waals surface area contributed by atoms with E-state index in [-0.39, 0.29) is 11.5 Å². The molecular weight excluding hydrogens is 247 g/mol. The Labute approximate surface area is 114 Å². The topological polar surface area (TPSA) is 62.0 Å². The smallest absolute Gasteiger partial charge is 0.248 e. The highest BCUT2D eigenvalue weighted by molar-refractivity contribution is 5.76. The molecule has 0 saturated carbocycles. The summed E-state index contributed by atoms with van der Waals surface area (Å²) in [6.07, 6.45) is 3.99. The van der Waals surface area contributed by atoms with Gasteiger partial charge in [-0.05, 0) is 18.9 Å². The Kier molecular flexibility index (Phi) is 14.9. The molecule has 5 heteroatoms. The molecule has 1 aliphatic heterocycles. The summed E-state index contributed by atoms with van der Waals surface area (Å²) >= 11 is 0. The Bertz CT molecular complexity index is 349. The van der Waals surface area contributed by atoms with Crippen molar-refractivity contribution in [2.75, 3.05) is 6.54 Å². The van der Waals surface area contributed by atoms with Crippen LogP contribution >= 0.6 is 0 Å². The van der Waals surface area contributed by atoms with E-state index in [1.54, 1.807) is 0 Å². The van der Waals surface area contributed by atoms with Crippen LogP contribution in [0.25, 0.3) is 0 Å². The first kappa shape index (κ1) is 19.7. The summed E-state index contributed by atoms with van der Waals surface area (Å²) in [5.74, 6) is -0.212. The third kappa shape index (κ3) is 12.6. The number of aromatic amines is 1. The average molecular weight is 272 g/mol. The summed E-state index contributed by atoms with van der Waals surface area (Å²) in [4.78, 5) is 22.7. The molecule has 1 aliphatic rings. The van der Waals surface area contributed by atoms with Gasteiger partial charge >= 0.3 is 0 Å². The predicted octanol–water partition coefficient (Wildman–Crippen LogP) is 2.85. The van der Waals surface area contributed by atoms with E-state index in [0.29, 0.717) is 0 Å². The predicted molar refractivity (Wildman–Crippen MR) is 76.6 cm³/mol. The normalized spacial score (nSPS) is 12.4. The van der Waals surface area contributed by atoms with Crippen molar-refractivity contribution < 1.29 is 9.18 Å². The van der Waals surface area contributed by atoms with Crippen LogP contribution < -0.4 is 10.9 Å². The standard InChI is InChI=1S/C5H4FNO.C5H9NO.2C2H6/c6-4-1-2-5(8)7-3-4;7-5-3-1-2-4-6-5;2*1-2/h1-3H,(H,7,8);1-4H2,(H,6,7);2*1-2H3. The second-order valence-corrected chi connectivity index (χ2v) is 3.18. The highest BCUT2D eigenvalue weighted by Gasteiger charge is 2.04. The molecule has 0 spiro atoms. The van der Waals surface area contributed by atoms with E-state index in [2.05, 4.69) is 10.3 Å². The zero-order valence-corrected chi connectivity index (χ0v) is 12.3. The van der Waals surface area contributed by atoms with Crippen LogP contribution in [-0.4, -0.2) is 17.4 Å². The van der Waals surface area contributed by atoms with Crippen LogP contribution in [0.4, 0.5) is 4.39 Å². The van der Waals surface area contributed by atoms with Gasteiger partial charge in [-0.3, -0.25) is 9.59 Å². The van der Waals surface area contributed by atoms with E-state index in [4.69, 9.17) is 0 Å². The van der Waals surface area contributed by atoms with Crippen LogP contribution in [-0.2, 0) is 4.79 Å². The summed E-state index contributed by atoms with van der Waals surface area (Å²) < 4.78 is 11.9. The van der Waals surface area contributed by atoms with Gasteiger partial charge in [0.2, 0.25) is 11.5 Å². The molecule has 0 unspecified atom stereocenters. The third-order valence-corrected chi connectivity index (χ3v) is 1.90. The molecule has 1 aromatic rings. The molecule has 1 aromatic heterocycles. The van der Waals surface area contributed by atoms with Crippen LogP contribution in [0.3, 0.4) is 0 Å². The van der Waals surface area contributed by atoms with Crippen molar-refractivity contribution in [1.82, 2.24) is 10.3 Å². The lowest BCUT2D eigenvalue weighted by Crippen LogP contribution is -2.28. The summed E-state index contributed by atoms with van der Waals surface area (Å²) in [7, 11) is 0. The summed E-state index contributed by atoms with van der Waals surface area (Å²) in [6.45, 7) is 8.89. The van der Waals surface area contributed by atoms with Gasteiger partial charge < -0.3 is 10.3 Å². The van der Waals surface area contributed by atoms with E-state index in [9.17, 15) is 14.0 Å². The minimum atomic E-state index is -0.426. The van der Waals surface area contributed by atoms with Crippen molar-refractivity contribution >= 4 is 5.91 Å². The third-order valence-electron chi connectivity index (χ3n) is 1.90. The van der Waals surface area contributed by atoms with Gasteiger partial charge in [-0.15, -0.1) is 0 Å². The first-order chi connectivity index (χ1) is 9.18. The number of rotatable bonds is 0. The van der Waals surface area contributed by atoms with Crippen molar-refractivity contribution in [3.05, 3.63) is 34.5 Å². The molecule has 2 rings (SSSR count). The van der Waals surface area contributed by atoms with Crippen molar-refractivity contribution in [2.24, 2.45) is 0 Å². The summed E-state index contributed by atoms with van der Waals surface area (Å²) in [5.41, 5.74) is -0.286. The maximum atomic E-state index is 11.9. The van der Waals surface area contributed by atoms with Crippen molar-refractivity contribution in [3.63, 3.8) is 0 Å². The van der Waals surface area contributed by atoms with Crippen molar-refractivity contribution in [2.45, 2.75) is 47.0 Å². The van der Waals surface area contributed by atoms with Crippen molar-refractivity contribution in [1.29, 1.82) is 0 Å². The highest BCUT2D eigenvalue weighted by Crippen LogP contribution is 1.98. The summed E-state index contributed by atoms with van der Waals surface area (Å²) in [6, 6.07) is 2.24. The van der Waals surface area contributed by atoms with E-state index in [1.807, 2.05) is 27.7 Å². The molecule has 0 aliphatic carbocycles. The van der Waals surface area contributed by atoms with Gasteiger partial charge in [0.05, 0.1) is 0 Å². The lowest BCUT2D eigenvalue weighted by Gasteiger charge is -2.08. The van der Waals surface area contributed by atoms with Gasteiger partial charge in [0, 0.05) is 25.2 Å². The van der Waals surface area contributed by atoms with Crippen LogP contribution in [0.1, 0.15) is 47.0 Å². The largest absolute Gasteiger partial charge is 0.356 e. The number of aromatic nitrogens is 1. The number of amides is 1. The molecule has 2 N–H and O–H groups in total. The van der Waals surface area contributed by atoms with Gasteiger partial charge in [-0.2, -0.15) is 0 Å². The van der Waals surface area contributed by atoms with Gasteiger partial charge in [0.25, 0.3) is 0 Å². The number of halogens is 1. The average Bonchev–Trinajstić information content (AvgIpc) is 2.48. The van der Waals surface area contributed by atoms with E-state index in [0.717, 1.165) is 44.1 Å². The fourth-order valence-corrected chi connectivity index (χ4v) is 1.12. The fourth-order valence-electron chi connectivity index (χ4n) is 1.12. The molecule has 1 saturated heterocycles. The Balaban J connectivity index is 0. The number of carbonyl (C=O) groups is 1. The number of pyridine rings is 1. The maximum absolute atomic E-state index is 11.9. The maximum Gasteiger partial charge on any atom is 0.248 e. The number of H-pyrrole nitrogens is 1. The van der Waals surface area contributed by atoms with Crippen LogP contribution in [0.5, 0.6) is 0 Å². The second kappa shape index (κ2) is 14.4. The number of piperidine rings is 1. The Morgan fingerprint density at radius 3 is 1.95 bits per heavy atom. The molecule has 4 nitrogen and oxygen atoms in total.